The molecule has 0 saturated heterocycles. The molecule has 0 radical (unpaired) electrons. The first-order chi connectivity index (χ1) is 6.45. The van der Waals surface area contributed by atoms with Gasteiger partial charge in [-0.3, -0.25) is 9.59 Å². The lowest BCUT2D eigenvalue weighted by Gasteiger charge is -1.99. The molecule has 0 aromatic carbocycles. The second-order valence-corrected chi connectivity index (χ2v) is 4.38. The molecule has 0 heterocycles. The molecule has 1 aliphatic rings. The molecule has 2 unspecified atom stereocenters. The van der Waals surface area contributed by atoms with Crippen LogP contribution < -0.4 is 0 Å². The maximum absolute atomic E-state index is 11.3. The second kappa shape index (κ2) is 3.56. The van der Waals surface area contributed by atoms with E-state index in [9.17, 15) is 9.59 Å². The van der Waals surface area contributed by atoms with Crippen molar-refractivity contribution in [2.75, 3.05) is 7.11 Å². The molecule has 0 amide bonds. The van der Waals surface area contributed by atoms with Crippen LogP contribution in [0.1, 0.15) is 20.8 Å². The normalized spacial score (nSPS) is 29.6. The third kappa shape index (κ3) is 1.72. The number of esters is 1. The van der Waals surface area contributed by atoms with E-state index in [0.29, 0.717) is 5.57 Å². The van der Waals surface area contributed by atoms with E-state index >= 15 is 0 Å². The van der Waals surface area contributed by atoms with E-state index in [4.69, 9.17) is 4.74 Å². The monoisotopic (exact) mass is 196 g/mol. The van der Waals surface area contributed by atoms with Crippen molar-refractivity contribution in [1.82, 2.24) is 0 Å². The molecule has 78 valence electrons. The van der Waals surface area contributed by atoms with Crippen molar-refractivity contribution in [2.24, 2.45) is 17.3 Å². The van der Waals surface area contributed by atoms with Gasteiger partial charge in [-0.15, -0.1) is 0 Å². The summed E-state index contributed by atoms with van der Waals surface area (Å²) < 4.78 is 4.70. The van der Waals surface area contributed by atoms with Gasteiger partial charge in [-0.2, -0.15) is 0 Å². The van der Waals surface area contributed by atoms with Gasteiger partial charge in [-0.05, 0) is 23.8 Å². The summed E-state index contributed by atoms with van der Waals surface area (Å²) in [6.07, 6.45) is 2.66. The molecule has 0 spiro atoms. The average Bonchev–Trinajstić information content (AvgIpc) is 2.67. The van der Waals surface area contributed by atoms with Crippen molar-refractivity contribution in [3.8, 4) is 0 Å². The van der Waals surface area contributed by atoms with Gasteiger partial charge < -0.3 is 4.74 Å². The van der Waals surface area contributed by atoms with Crippen LogP contribution >= 0.6 is 0 Å². The van der Waals surface area contributed by atoms with Crippen LogP contribution in [0.4, 0.5) is 0 Å². The van der Waals surface area contributed by atoms with E-state index in [2.05, 4.69) is 0 Å². The number of carbonyl (C=O) groups excluding carboxylic acids is 2. The summed E-state index contributed by atoms with van der Waals surface area (Å²) >= 11 is 0. The summed E-state index contributed by atoms with van der Waals surface area (Å²) in [7, 11) is 1.39. The predicted molar refractivity (Wildman–Crippen MR) is 52.6 cm³/mol. The van der Waals surface area contributed by atoms with Crippen molar-refractivity contribution in [3.63, 3.8) is 0 Å². The highest BCUT2D eigenvalue weighted by atomic mass is 16.5. The molecule has 1 aliphatic carbocycles. The lowest BCUT2D eigenvalue weighted by atomic mass is 10.1. The smallest absolute Gasteiger partial charge is 0.309 e. The Morgan fingerprint density at radius 1 is 1.43 bits per heavy atom. The first-order valence-electron chi connectivity index (χ1n) is 4.66. The van der Waals surface area contributed by atoms with Crippen LogP contribution in [0.5, 0.6) is 0 Å². The average molecular weight is 196 g/mol. The summed E-state index contributed by atoms with van der Waals surface area (Å²) in [5.74, 6) is -0.141. The summed E-state index contributed by atoms with van der Waals surface area (Å²) in [6, 6.07) is 0. The molecule has 3 heteroatoms. The Morgan fingerprint density at radius 2 is 2.00 bits per heavy atom. The zero-order valence-corrected chi connectivity index (χ0v) is 9.03. The number of carbonyl (C=O) groups is 2. The minimum atomic E-state index is -0.185. The molecular formula is C11H16O3. The minimum Gasteiger partial charge on any atom is -0.469 e. The predicted octanol–water partition coefficient (Wildman–Crippen LogP) is 1.58. The number of methoxy groups -OCH3 is 1. The topological polar surface area (TPSA) is 43.4 Å². The van der Waals surface area contributed by atoms with Gasteiger partial charge >= 0.3 is 5.97 Å². The number of hydrogen-bond donors (Lipinski definition) is 0. The van der Waals surface area contributed by atoms with Gasteiger partial charge in [0.05, 0.1) is 13.0 Å². The van der Waals surface area contributed by atoms with E-state index in [0.717, 1.165) is 6.29 Å². The highest BCUT2D eigenvalue weighted by Gasteiger charge is 2.61. The molecule has 0 bridgehead atoms. The number of ether oxygens (including phenoxy) is 1. The standard InChI is InChI=1S/C11H16O3/c1-7(6-12)5-8-9(10(13)14-4)11(8,2)3/h5-6,8-9H,1-4H3/b7-5-. The number of rotatable bonds is 3. The molecular weight excluding hydrogens is 180 g/mol. The van der Waals surface area contributed by atoms with Crippen LogP contribution in [0.15, 0.2) is 11.6 Å². The van der Waals surface area contributed by atoms with Crippen molar-refractivity contribution in [1.29, 1.82) is 0 Å². The Morgan fingerprint density at radius 3 is 2.43 bits per heavy atom. The second-order valence-electron chi connectivity index (χ2n) is 4.38. The molecule has 1 rings (SSSR count). The van der Waals surface area contributed by atoms with Gasteiger partial charge in [-0.1, -0.05) is 19.9 Å². The summed E-state index contributed by atoms with van der Waals surface area (Å²) in [4.78, 5) is 21.8. The maximum Gasteiger partial charge on any atom is 0.309 e. The number of allylic oxidation sites excluding steroid dienone is 2. The first-order valence-corrected chi connectivity index (χ1v) is 4.66. The molecule has 3 nitrogen and oxygen atoms in total. The number of aldehydes is 1. The first kappa shape index (κ1) is 11.0. The van der Waals surface area contributed by atoms with E-state index in [1.165, 1.54) is 7.11 Å². The zero-order valence-electron chi connectivity index (χ0n) is 9.03. The highest BCUT2D eigenvalue weighted by Crippen LogP contribution is 2.59. The van der Waals surface area contributed by atoms with E-state index < -0.39 is 0 Å². The Labute approximate surface area is 84.1 Å². The third-order valence-corrected chi connectivity index (χ3v) is 2.99. The number of hydrogen-bond acceptors (Lipinski definition) is 3. The van der Waals surface area contributed by atoms with Crippen molar-refractivity contribution in [2.45, 2.75) is 20.8 Å². The quantitative estimate of drug-likeness (QED) is 0.391. The lowest BCUT2D eigenvalue weighted by Crippen LogP contribution is -2.07. The molecule has 0 aromatic rings. The van der Waals surface area contributed by atoms with Gasteiger partial charge in [0.2, 0.25) is 0 Å². The van der Waals surface area contributed by atoms with Crippen LogP contribution in [0.3, 0.4) is 0 Å². The van der Waals surface area contributed by atoms with Crippen molar-refractivity contribution < 1.29 is 14.3 Å². The molecule has 0 aliphatic heterocycles. The van der Waals surface area contributed by atoms with Gasteiger partial charge in [-0.25, -0.2) is 0 Å². The Bertz CT molecular complexity index is 289. The van der Waals surface area contributed by atoms with Gasteiger partial charge in [0, 0.05) is 0 Å². The van der Waals surface area contributed by atoms with Gasteiger partial charge in [0.25, 0.3) is 0 Å². The SMILES string of the molecule is COC(=O)C1C(/C=C(/C)C=O)C1(C)C. The fourth-order valence-corrected chi connectivity index (χ4v) is 1.89. The van der Waals surface area contributed by atoms with Crippen molar-refractivity contribution >= 4 is 12.3 Å². The van der Waals surface area contributed by atoms with Crippen LogP contribution in [-0.2, 0) is 14.3 Å². The summed E-state index contributed by atoms with van der Waals surface area (Å²) in [5.41, 5.74) is 0.603. The Balaban J connectivity index is 2.76. The van der Waals surface area contributed by atoms with E-state index in [1.807, 2.05) is 19.9 Å². The van der Waals surface area contributed by atoms with Gasteiger partial charge in [0.15, 0.2) is 0 Å². The molecule has 2 atom stereocenters. The molecule has 0 aromatic heterocycles. The third-order valence-electron chi connectivity index (χ3n) is 2.99. The summed E-state index contributed by atoms with van der Waals surface area (Å²) in [5, 5.41) is 0. The van der Waals surface area contributed by atoms with E-state index in [-0.39, 0.29) is 23.2 Å². The van der Waals surface area contributed by atoms with E-state index in [1.54, 1.807) is 6.92 Å². The molecule has 0 N–H and O–H groups in total. The van der Waals surface area contributed by atoms with Crippen LogP contribution in [-0.4, -0.2) is 19.4 Å². The Hall–Kier alpha value is -1.12. The maximum atomic E-state index is 11.3. The van der Waals surface area contributed by atoms with Crippen LogP contribution in [0, 0.1) is 17.3 Å². The zero-order chi connectivity index (χ0) is 10.9. The van der Waals surface area contributed by atoms with Crippen LogP contribution in [0.25, 0.3) is 0 Å². The van der Waals surface area contributed by atoms with Gasteiger partial charge in [0.1, 0.15) is 6.29 Å². The summed E-state index contributed by atoms with van der Waals surface area (Å²) in [6.45, 7) is 5.76. The molecule has 1 saturated carbocycles. The molecule has 14 heavy (non-hydrogen) atoms. The largest absolute Gasteiger partial charge is 0.469 e. The molecule has 1 fully saturated rings. The fourth-order valence-electron chi connectivity index (χ4n) is 1.89. The van der Waals surface area contributed by atoms with Crippen LogP contribution in [0.2, 0.25) is 0 Å². The highest BCUT2D eigenvalue weighted by molar-refractivity contribution is 5.79. The Kier molecular flexibility index (Phi) is 2.79. The lowest BCUT2D eigenvalue weighted by molar-refractivity contribution is -0.143. The minimum absolute atomic E-state index is 0.0721. The van der Waals surface area contributed by atoms with Crippen molar-refractivity contribution in [3.05, 3.63) is 11.6 Å². The fraction of sp³-hybridized carbons (Fsp3) is 0.636.